The van der Waals surface area contributed by atoms with E-state index in [-0.39, 0.29) is 0 Å². The van der Waals surface area contributed by atoms with Crippen molar-refractivity contribution in [3.05, 3.63) is 0 Å². The third-order valence-electron chi connectivity index (χ3n) is 2.22. The number of thioether (sulfide) groups is 1. The van der Waals surface area contributed by atoms with Gasteiger partial charge in [-0.15, -0.1) is 11.8 Å². The highest BCUT2D eigenvalue weighted by atomic mass is 32.2. The van der Waals surface area contributed by atoms with Gasteiger partial charge < -0.3 is 0 Å². The highest BCUT2D eigenvalue weighted by Gasteiger charge is 2.26. The normalized spacial score (nSPS) is 36.7. The van der Waals surface area contributed by atoms with Gasteiger partial charge in [0, 0.05) is 0 Å². The second kappa shape index (κ2) is 2.51. The molecular weight excluding hydrogens is 130 g/mol. The second-order valence-electron chi connectivity index (χ2n) is 2.86. The Morgan fingerprint density at radius 2 is 1.89 bits per heavy atom. The fourth-order valence-corrected chi connectivity index (χ4v) is 2.41. The molecule has 0 bridgehead atoms. The topological polar surface area (TPSA) is 3.24 Å². The van der Waals surface area contributed by atoms with E-state index in [1.54, 1.807) is 0 Å². The van der Waals surface area contributed by atoms with Gasteiger partial charge in [-0.25, -0.2) is 0 Å². The summed E-state index contributed by atoms with van der Waals surface area (Å²) in [5.74, 6) is 1.40. The van der Waals surface area contributed by atoms with Gasteiger partial charge >= 0.3 is 0 Å². The lowest BCUT2D eigenvalue weighted by molar-refractivity contribution is 0.301. The van der Waals surface area contributed by atoms with E-state index in [1.165, 1.54) is 38.1 Å². The molecule has 1 unspecified atom stereocenters. The maximum absolute atomic E-state index is 2.63. The van der Waals surface area contributed by atoms with Gasteiger partial charge in [0.25, 0.3) is 0 Å². The highest BCUT2D eigenvalue weighted by molar-refractivity contribution is 8.01. The second-order valence-corrected chi connectivity index (χ2v) is 4.14. The van der Waals surface area contributed by atoms with Crippen molar-refractivity contribution in [1.29, 1.82) is 0 Å². The van der Waals surface area contributed by atoms with Gasteiger partial charge in [-0.2, -0.15) is 0 Å². The van der Waals surface area contributed by atoms with E-state index in [0.717, 1.165) is 5.37 Å². The molecule has 0 aromatic rings. The molecule has 0 radical (unpaired) electrons. The van der Waals surface area contributed by atoms with E-state index in [0.29, 0.717) is 0 Å². The number of rotatable bonds is 1. The average Bonchev–Trinajstić information content (AvgIpc) is 2.11. The summed E-state index contributed by atoms with van der Waals surface area (Å²) >= 11 is 2.13. The molecule has 2 fully saturated rings. The lowest BCUT2D eigenvalue weighted by Gasteiger charge is -2.33. The van der Waals surface area contributed by atoms with Gasteiger partial charge in [0.2, 0.25) is 0 Å². The van der Waals surface area contributed by atoms with Gasteiger partial charge in [0.15, 0.2) is 0 Å². The van der Waals surface area contributed by atoms with Crippen LogP contribution in [0, 0.1) is 0 Å². The number of hydrogen-bond acceptors (Lipinski definition) is 2. The average molecular weight is 143 g/mol. The molecule has 0 spiro atoms. The van der Waals surface area contributed by atoms with Crippen LogP contribution in [-0.4, -0.2) is 29.1 Å². The minimum absolute atomic E-state index is 0.924. The van der Waals surface area contributed by atoms with Gasteiger partial charge in [-0.05, 0) is 38.1 Å². The van der Waals surface area contributed by atoms with E-state index in [4.69, 9.17) is 0 Å². The van der Waals surface area contributed by atoms with E-state index in [9.17, 15) is 0 Å². The van der Waals surface area contributed by atoms with E-state index < -0.39 is 0 Å². The Bertz CT molecular complexity index is 95.1. The molecule has 0 aromatic carbocycles. The summed E-state index contributed by atoms with van der Waals surface area (Å²) in [6.45, 7) is 2.75. The quantitative estimate of drug-likeness (QED) is 0.548. The SMILES string of the molecule is C1CCN(C2CCS2)C1. The number of nitrogens with zero attached hydrogens (tertiary/aromatic N) is 1. The fraction of sp³-hybridized carbons (Fsp3) is 1.00. The van der Waals surface area contributed by atoms with E-state index >= 15 is 0 Å². The van der Waals surface area contributed by atoms with Crippen molar-refractivity contribution < 1.29 is 0 Å². The minimum Gasteiger partial charge on any atom is -0.291 e. The Labute approximate surface area is 60.8 Å². The van der Waals surface area contributed by atoms with Crippen LogP contribution in [0.15, 0.2) is 0 Å². The molecule has 0 aliphatic carbocycles. The molecule has 1 nitrogen and oxygen atoms in total. The summed E-state index contributed by atoms with van der Waals surface area (Å²) in [5.41, 5.74) is 0. The van der Waals surface area contributed by atoms with Crippen LogP contribution in [0.5, 0.6) is 0 Å². The Kier molecular flexibility index (Phi) is 1.68. The van der Waals surface area contributed by atoms with Crippen LogP contribution >= 0.6 is 11.8 Å². The van der Waals surface area contributed by atoms with E-state index in [2.05, 4.69) is 16.7 Å². The van der Waals surface area contributed by atoms with Crippen LogP contribution in [-0.2, 0) is 0 Å². The molecule has 2 saturated heterocycles. The predicted molar refractivity (Wildman–Crippen MR) is 41.7 cm³/mol. The van der Waals surface area contributed by atoms with Crippen molar-refractivity contribution >= 4 is 11.8 Å². The number of hydrogen-bond donors (Lipinski definition) is 0. The summed E-state index contributed by atoms with van der Waals surface area (Å²) in [4.78, 5) is 2.63. The van der Waals surface area contributed by atoms with Crippen molar-refractivity contribution in [3.8, 4) is 0 Å². The first-order valence-electron chi connectivity index (χ1n) is 3.82. The van der Waals surface area contributed by atoms with Crippen LogP contribution in [0.25, 0.3) is 0 Å². The van der Waals surface area contributed by atoms with Crippen LogP contribution in [0.1, 0.15) is 19.3 Å². The molecule has 0 N–H and O–H groups in total. The largest absolute Gasteiger partial charge is 0.291 e. The van der Waals surface area contributed by atoms with Crippen LogP contribution < -0.4 is 0 Å². The first-order chi connectivity index (χ1) is 4.47. The molecule has 2 rings (SSSR count). The van der Waals surface area contributed by atoms with Crippen LogP contribution in [0.2, 0.25) is 0 Å². The summed E-state index contributed by atoms with van der Waals surface area (Å²) in [6.07, 6.45) is 4.33. The Morgan fingerprint density at radius 1 is 1.22 bits per heavy atom. The fourth-order valence-electron chi connectivity index (χ4n) is 1.54. The van der Waals surface area contributed by atoms with Gasteiger partial charge in [0.1, 0.15) is 0 Å². The monoisotopic (exact) mass is 143 g/mol. The molecule has 0 saturated carbocycles. The van der Waals surface area contributed by atoms with Gasteiger partial charge in [-0.3, -0.25) is 4.90 Å². The van der Waals surface area contributed by atoms with Crippen molar-refractivity contribution in [2.75, 3.05) is 18.8 Å². The highest BCUT2D eigenvalue weighted by Crippen LogP contribution is 2.32. The Hall–Kier alpha value is 0.310. The van der Waals surface area contributed by atoms with Gasteiger partial charge in [0.05, 0.1) is 5.37 Å². The molecule has 2 aliphatic rings. The summed E-state index contributed by atoms with van der Waals surface area (Å²) in [7, 11) is 0. The molecule has 0 aromatic heterocycles. The van der Waals surface area contributed by atoms with Crippen LogP contribution in [0.3, 0.4) is 0 Å². The summed E-state index contributed by atoms with van der Waals surface area (Å²) in [5, 5.41) is 0.924. The third-order valence-corrected chi connectivity index (χ3v) is 3.61. The summed E-state index contributed by atoms with van der Waals surface area (Å²) in [6, 6.07) is 0. The molecule has 9 heavy (non-hydrogen) atoms. The van der Waals surface area contributed by atoms with Crippen molar-refractivity contribution in [1.82, 2.24) is 4.90 Å². The zero-order chi connectivity index (χ0) is 6.10. The zero-order valence-corrected chi connectivity index (χ0v) is 6.49. The zero-order valence-electron chi connectivity index (χ0n) is 5.68. The Balaban J connectivity index is 1.82. The predicted octanol–water partition coefficient (Wildman–Crippen LogP) is 1.55. The first kappa shape index (κ1) is 6.05. The Morgan fingerprint density at radius 3 is 2.33 bits per heavy atom. The molecule has 0 amide bonds. The molecule has 2 heterocycles. The van der Waals surface area contributed by atoms with Crippen molar-refractivity contribution in [2.45, 2.75) is 24.6 Å². The molecule has 2 heteroatoms. The molecule has 52 valence electrons. The van der Waals surface area contributed by atoms with E-state index in [1.807, 2.05) is 0 Å². The van der Waals surface area contributed by atoms with Crippen molar-refractivity contribution in [3.63, 3.8) is 0 Å². The van der Waals surface area contributed by atoms with Crippen molar-refractivity contribution in [2.24, 2.45) is 0 Å². The minimum atomic E-state index is 0.924. The van der Waals surface area contributed by atoms with Gasteiger partial charge in [-0.1, -0.05) is 0 Å². The third kappa shape index (κ3) is 1.10. The molecular formula is C7H13NS. The first-order valence-corrected chi connectivity index (χ1v) is 4.87. The lowest BCUT2D eigenvalue weighted by Crippen LogP contribution is -2.35. The lowest BCUT2D eigenvalue weighted by atomic mass is 10.4. The smallest absolute Gasteiger partial charge is 0.0565 e. The maximum Gasteiger partial charge on any atom is 0.0565 e. The molecule has 2 aliphatic heterocycles. The van der Waals surface area contributed by atoms with Crippen LogP contribution in [0.4, 0.5) is 0 Å². The summed E-state index contributed by atoms with van der Waals surface area (Å²) < 4.78 is 0. The maximum atomic E-state index is 2.63. The standard InChI is InChI=1S/C7H13NS/c1-2-5-8(4-1)7-3-6-9-7/h7H,1-6H2. The molecule has 1 atom stereocenters. The number of likely N-dealkylation sites (tertiary alicyclic amines) is 1.